The van der Waals surface area contributed by atoms with E-state index in [2.05, 4.69) is 37.7 Å². The minimum Gasteiger partial charge on any atom is -0.382 e. The summed E-state index contributed by atoms with van der Waals surface area (Å²) in [5.74, 6) is 0.538. The lowest BCUT2D eigenvalue weighted by molar-refractivity contribution is 0.960. The summed E-state index contributed by atoms with van der Waals surface area (Å²) in [4.78, 5) is 8.08. The number of aryl methyl sites for hydroxylation is 2. The van der Waals surface area contributed by atoms with Crippen LogP contribution in [0.1, 0.15) is 46.1 Å². The van der Waals surface area contributed by atoms with Gasteiger partial charge in [0.15, 0.2) is 5.82 Å². The van der Waals surface area contributed by atoms with Gasteiger partial charge in [0.05, 0.1) is 5.52 Å². The van der Waals surface area contributed by atoms with Gasteiger partial charge in [-0.2, -0.15) is 0 Å². The molecule has 102 valence electrons. The Balaban J connectivity index is 0.000000414. The Hall–Kier alpha value is -1.58. The highest BCUT2D eigenvalue weighted by molar-refractivity contribution is 5.87. The summed E-state index contributed by atoms with van der Waals surface area (Å²) in [6, 6.07) is 0. The van der Waals surface area contributed by atoms with E-state index >= 15 is 0 Å². The van der Waals surface area contributed by atoms with Crippen LogP contribution in [0.2, 0.25) is 0 Å². The second-order valence-corrected chi connectivity index (χ2v) is 4.29. The fourth-order valence-electron chi connectivity index (χ4n) is 1.44. The number of rotatable bonds is 0. The molecule has 0 fully saturated rings. The lowest BCUT2D eigenvalue weighted by atomic mass is 10.3. The summed E-state index contributed by atoms with van der Waals surface area (Å²) in [5, 5.41) is 0. The molecule has 4 heteroatoms. The van der Waals surface area contributed by atoms with Gasteiger partial charge in [-0.1, -0.05) is 40.5 Å². The first kappa shape index (κ1) is 16.4. The Morgan fingerprint density at radius 3 is 2.06 bits per heavy atom. The Labute approximate surface area is 110 Å². The monoisotopic (exact) mass is 250 g/mol. The molecule has 2 heterocycles. The van der Waals surface area contributed by atoms with Crippen molar-refractivity contribution in [1.82, 2.24) is 14.5 Å². The molecule has 0 aromatic carbocycles. The average Bonchev–Trinajstić information content (AvgIpc) is 2.58. The topological polar surface area (TPSA) is 56.7 Å². The minimum atomic E-state index is 0.538. The van der Waals surface area contributed by atoms with Crippen LogP contribution in [0.4, 0.5) is 5.82 Å². The van der Waals surface area contributed by atoms with E-state index in [1.165, 1.54) is 19.2 Å². The van der Waals surface area contributed by atoms with Crippen LogP contribution in [0.15, 0.2) is 12.5 Å². The molecule has 0 aliphatic carbocycles. The Morgan fingerprint density at radius 2 is 1.61 bits per heavy atom. The van der Waals surface area contributed by atoms with Crippen LogP contribution in [0.25, 0.3) is 11.0 Å². The molecular weight excluding hydrogens is 224 g/mol. The molecule has 0 atom stereocenters. The van der Waals surface area contributed by atoms with Gasteiger partial charge in [-0.05, 0) is 12.5 Å². The van der Waals surface area contributed by atoms with Gasteiger partial charge in [-0.25, -0.2) is 9.97 Å². The Kier molecular flexibility index (Phi) is 7.76. The molecule has 0 bridgehead atoms. The maximum Gasteiger partial charge on any atom is 0.151 e. The molecule has 4 nitrogen and oxygen atoms in total. The lowest BCUT2D eigenvalue weighted by Gasteiger charge is -1.97. The zero-order valence-electron chi connectivity index (χ0n) is 12.5. The van der Waals surface area contributed by atoms with E-state index in [0.717, 1.165) is 16.6 Å². The summed E-state index contributed by atoms with van der Waals surface area (Å²) in [6.45, 7) is 10.5. The van der Waals surface area contributed by atoms with Crippen molar-refractivity contribution in [3.63, 3.8) is 0 Å². The summed E-state index contributed by atoms with van der Waals surface area (Å²) in [7, 11) is 1.94. The van der Waals surface area contributed by atoms with Crippen molar-refractivity contribution < 1.29 is 0 Å². The number of aromatic nitrogens is 3. The van der Waals surface area contributed by atoms with Gasteiger partial charge < -0.3 is 10.3 Å². The van der Waals surface area contributed by atoms with Crippen LogP contribution in [-0.2, 0) is 7.05 Å². The largest absolute Gasteiger partial charge is 0.382 e. The van der Waals surface area contributed by atoms with Crippen LogP contribution in [0.5, 0.6) is 0 Å². The molecule has 2 rings (SSSR count). The first-order valence-corrected chi connectivity index (χ1v) is 6.55. The third-order valence-electron chi connectivity index (χ3n) is 1.96. The van der Waals surface area contributed by atoms with Gasteiger partial charge in [0.1, 0.15) is 11.8 Å². The molecular formula is C14H26N4. The van der Waals surface area contributed by atoms with Gasteiger partial charge >= 0.3 is 0 Å². The fourth-order valence-corrected chi connectivity index (χ4v) is 1.44. The Morgan fingerprint density at radius 1 is 1.11 bits per heavy atom. The summed E-state index contributed by atoms with van der Waals surface area (Å²) >= 11 is 0. The van der Waals surface area contributed by atoms with E-state index in [1.54, 1.807) is 0 Å². The summed E-state index contributed by atoms with van der Waals surface area (Å²) in [6.07, 6.45) is 5.99. The third-order valence-corrected chi connectivity index (χ3v) is 1.96. The van der Waals surface area contributed by atoms with Gasteiger partial charge in [0, 0.05) is 13.2 Å². The van der Waals surface area contributed by atoms with E-state index in [4.69, 9.17) is 5.73 Å². The smallest absolute Gasteiger partial charge is 0.151 e. The highest BCUT2D eigenvalue weighted by Crippen LogP contribution is 2.20. The fraction of sp³-hybridized carbons (Fsp3) is 0.571. The summed E-state index contributed by atoms with van der Waals surface area (Å²) < 4.78 is 1.94. The number of nitrogens with two attached hydrogens (primary N) is 1. The van der Waals surface area contributed by atoms with Crippen LogP contribution in [0, 0.1) is 6.92 Å². The predicted molar refractivity (Wildman–Crippen MR) is 79.6 cm³/mol. The SMILES string of the molecule is CCC.CCC.Cc1cn(C)c2c(N)ncnc12. The number of nitrogens with zero attached hydrogens (tertiary/aromatic N) is 3. The zero-order valence-corrected chi connectivity index (χ0v) is 12.5. The molecule has 2 N–H and O–H groups in total. The lowest BCUT2D eigenvalue weighted by Crippen LogP contribution is -1.95. The number of hydrogen-bond acceptors (Lipinski definition) is 3. The van der Waals surface area contributed by atoms with Crippen molar-refractivity contribution >= 4 is 16.9 Å². The third kappa shape index (κ3) is 4.35. The highest BCUT2D eigenvalue weighted by Gasteiger charge is 2.06. The molecule has 0 saturated carbocycles. The molecule has 0 aliphatic heterocycles. The second kappa shape index (κ2) is 8.50. The molecule has 0 radical (unpaired) electrons. The van der Waals surface area contributed by atoms with E-state index < -0.39 is 0 Å². The number of nitrogen functional groups attached to an aromatic ring is 1. The van der Waals surface area contributed by atoms with E-state index in [-0.39, 0.29) is 0 Å². The molecule has 0 spiro atoms. The van der Waals surface area contributed by atoms with Crippen LogP contribution < -0.4 is 5.73 Å². The first-order chi connectivity index (χ1) is 8.53. The van der Waals surface area contributed by atoms with E-state index in [9.17, 15) is 0 Å². The van der Waals surface area contributed by atoms with Gasteiger partial charge in [0.25, 0.3) is 0 Å². The van der Waals surface area contributed by atoms with Gasteiger partial charge in [-0.3, -0.25) is 0 Å². The molecule has 0 unspecified atom stereocenters. The molecule has 0 amide bonds. The molecule has 2 aromatic heterocycles. The van der Waals surface area contributed by atoms with Crippen molar-refractivity contribution in [2.24, 2.45) is 7.05 Å². The second-order valence-electron chi connectivity index (χ2n) is 4.29. The van der Waals surface area contributed by atoms with Crippen LogP contribution in [-0.4, -0.2) is 14.5 Å². The first-order valence-electron chi connectivity index (χ1n) is 6.55. The number of hydrogen-bond donors (Lipinski definition) is 1. The standard InChI is InChI=1S/C8H10N4.2C3H8/c1-5-3-12(2)7-6(5)10-4-11-8(7)9;2*1-3-2/h3-4H,1-2H3,(H2,9,10,11);2*3H2,1-2H3. The zero-order chi connectivity index (χ0) is 14.1. The highest BCUT2D eigenvalue weighted by atomic mass is 15.0. The van der Waals surface area contributed by atoms with Crippen molar-refractivity contribution in [2.45, 2.75) is 47.5 Å². The molecule has 0 aliphatic rings. The van der Waals surface area contributed by atoms with Gasteiger partial charge in [-0.15, -0.1) is 0 Å². The van der Waals surface area contributed by atoms with Crippen molar-refractivity contribution in [1.29, 1.82) is 0 Å². The molecule has 0 saturated heterocycles. The van der Waals surface area contributed by atoms with E-state index in [1.807, 2.05) is 24.7 Å². The molecule has 2 aromatic rings. The van der Waals surface area contributed by atoms with Crippen molar-refractivity contribution in [3.05, 3.63) is 18.1 Å². The van der Waals surface area contributed by atoms with E-state index in [0.29, 0.717) is 5.82 Å². The quantitative estimate of drug-likeness (QED) is 0.775. The van der Waals surface area contributed by atoms with Crippen LogP contribution in [0.3, 0.4) is 0 Å². The normalized spacial score (nSPS) is 9.22. The molecule has 18 heavy (non-hydrogen) atoms. The maximum atomic E-state index is 5.70. The minimum absolute atomic E-state index is 0.538. The number of fused-ring (bicyclic) bond motifs is 1. The van der Waals surface area contributed by atoms with Gasteiger partial charge in [0.2, 0.25) is 0 Å². The van der Waals surface area contributed by atoms with Crippen molar-refractivity contribution in [3.8, 4) is 0 Å². The van der Waals surface area contributed by atoms with Crippen LogP contribution >= 0.6 is 0 Å². The Bertz CT molecular complexity index is 458. The average molecular weight is 250 g/mol. The van der Waals surface area contributed by atoms with Crippen molar-refractivity contribution in [2.75, 3.05) is 5.73 Å². The number of anilines is 1. The summed E-state index contributed by atoms with van der Waals surface area (Å²) in [5.41, 5.74) is 8.67. The maximum absolute atomic E-state index is 5.70. The predicted octanol–water partition coefficient (Wildman–Crippen LogP) is 3.69.